The lowest BCUT2D eigenvalue weighted by molar-refractivity contribution is -0.132. The third-order valence-corrected chi connectivity index (χ3v) is 6.02. The van der Waals surface area contributed by atoms with Crippen molar-refractivity contribution in [2.75, 3.05) is 50.3 Å². The Balaban J connectivity index is 1.70. The summed E-state index contributed by atoms with van der Waals surface area (Å²) in [6, 6.07) is 16.7. The fourth-order valence-corrected chi connectivity index (χ4v) is 4.15. The van der Waals surface area contributed by atoms with Gasteiger partial charge in [-0.3, -0.25) is 9.59 Å². The standard InChI is InChI=1S/C24H31N3O3S/c1-26(18-20-10-6-7-11-22(20)27-13-15-30-16-14-27)24(29)21(12-17-31-2)25-23(28)19-8-4-3-5-9-19/h3-11,21H,12-18H2,1-2H3,(H,25,28). The molecule has 2 aromatic carbocycles. The van der Waals surface area contributed by atoms with Crippen LogP contribution in [0, 0.1) is 0 Å². The lowest BCUT2D eigenvalue weighted by Crippen LogP contribution is -2.47. The van der Waals surface area contributed by atoms with Crippen LogP contribution in [0.4, 0.5) is 5.69 Å². The average Bonchev–Trinajstić information content (AvgIpc) is 2.82. The summed E-state index contributed by atoms with van der Waals surface area (Å²) < 4.78 is 5.47. The molecule has 1 unspecified atom stereocenters. The van der Waals surface area contributed by atoms with E-state index >= 15 is 0 Å². The number of anilines is 1. The molecule has 6 nitrogen and oxygen atoms in total. The molecule has 1 aliphatic heterocycles. The number of benzene rings is 2. The van der Waals surface area contributed by atoms with E-state index < -0.39 is 6.04 Å². The number of hydrogen-bond acceptors (Lipinski definition) is 5. The van der Waals surface area contributed by atoms with Gasteiger partial charge < -0.3 is 19.9 Å². The molecule has 1 N–H and O–H groups in total. The maximum atomic E-state index is 13.3. The molecule has 0 spiro atoms. The molecular formula is C24H31N3O3S. The van der Waals surface area contributed by atoms with E-state index in [1.165, 1.54) is 0 Å². The maximum absolute atomic E-state index is 13.3. The first-order valence-electron chi connectivity index (χ1n) is 10.6. The normalized spacial score (nSPS) is 14.7. The highest BCUT2D eigenvalue weighted by Gasteiger charge is 2.25. The van der Waals surface area contributed by atoms with E-state index in [0.29, 0.717) is 31.7 Å². The summed E-state index contributed by atoms with van der Waals surface area (Å²) in [7, 11) is 1.80. The molecule has 0 bridgehead atoms. The quantitative estimate of drug-likeness (QED) is 0.648. The maximum Gasteiger partial charge on any atom is 0.251 e. The molecule has 2 amide bonds. The monoisotopic (exact) mass is 441 g/mol. The highest BCUT2D eigenvalue weighted by Crippen LogP contribution is 2.23. The van der Waals surface area contributed by atoms with Crippen molar-refractivity contribution < 1.29 is 14.3 Å². The van der Waals surface area contributed by atoms with Crippen LogP contribution in [-0.2, 0) is 16.1 Å². The molecule has 1 saturated heterocycles. The number of hydrogen-bond donors (Lipinski definition) is 1. The van der Waals surface area contributed by atoms with Gasteiger partial charge in [-0.15, -0.1) is 0 Å². The lowest BCUT2D eigenvalue weighted by atomic mass is 10.1. The van der Waals surface area contributed by atoms with Gasteiger partial charge in [0.05, 0.1) is 13.2 Å². The summed E-state index contributed by atoms with van der Waals surface area (Å²) in [5.74, 6) is 0.501. The van der Waals surface area contributed by atoms with Gasteiger partial charge in [0, 0.05) is 37.9 Å². The Bertz CT molecular complexity index is 856. The zero-order valence-electron chi connectivity index (χ0n) is 18.3. The first-order valence-corrected chi connectivity index (χ1v) is 12.0. The third kappa shape index (κ3) is 6.48. The van der Waals surface area contributed by atoms with E-state index in [0.717, 1.165) is 30.1 Å². The average molecular weight is 442 g/mol. The summed E-state index contributed by atoms with van der Waals surface area (Å²) in [5, 5.41) is 2.94. The van der Waals surface area contributed by atoms with Gasteiger partial charge >= 0.3 is 0 Å². The van der Waals surface area contributed by atoms with Crippen molar-refractivity contribution in [3.63, 3.8) is 0 Å². The zero-order valence-corrected chi connectivity index (χ0v) is 19.1. The van der Waals surface area contributed by atoms with Crippen molar-refractivity contribution in [3.05, 3.63) is 65.7 Å². The van der Waals surface area contributed by atoms with Crippen molar-refractivity contribution >= 4 is 29.3 Å². The molecule has 1 heterocycles. The number of morpholine rings is 1. The fourth-order valence-electron chi connectivity index (χ4n) is 3.68. The number of amides is 2. The van der Waals surface area contributed by atoms with Gasteiger partial charge in [0.2, 0.25) is 5.91 Å². The van der Waals surface area contributed by atoms with Gasteiger partial charge in [-0.05, 0) is 42.2 Å². The Hall–Kier alpha value is -2.51. The van der Waals surface area contributed by atoms with Crippen molar-refractivity contribution in [2.45, 2.75) is 19.0 Å². The fraction of sp³-hybridized carbons (Fsp3) is 0.417. The van der Waals surface area contributed by atoms with Gasteiger partial charge in [-0.25, -0.2) is 0 Å². The molecule has 1 aliphatic rings. The van der Waals surface area contributed by atoms with Gasteiger partial charge in [0.15, 0.2) is 0 Å². The molecule has 166 valence electrons. The third-order valence-electron chi connectivity index (χ3n) is 5.38. The van der Waals surface area contributed by atoms with Crippen LogP contribution >= 0.6 is 11.8 Å². The van der Waals surface area contributed by atoms with Crippen LogP contribution in [0.15, 0.2) is 54.6 Å². The van der Waals surface area contributed by atoms with Crippen LogP contribution in [0.25, 0.3) is 0 Å². The number of thioether (sulfide) groups is 1. The van der Waals surface area contributed by atoms with E-state index in [2.05, 4.69) is 22.3 Å². The molecule has 1 fully saturated rings. The number of nitrogens with zero attached hydrogens (tertiary/aromatic N) is 2. The molecule has 3 rings (SSSR count). The summed E-state index contributed by atoms with van der Waals surface area (Å²) >= 11 is 1.67. The van der Waals surface area contributed by atoms with Crippen LogP contribution in [0.3, 0.4) is 0 Å². The van der Waals surface area contributed by atoms with Crippen LogP contribution in [0.5, 0.6) is 0 Å². The summed E-state index contributed by atoms with van der Waals surface area (Å²) in [6.45, 7) is 3.61. The molecule has 0 saturated carbocycles. The summed E-state index contributed by atoms with van der Waals surface area (Å²) in [6.07, 6.45) is 2.59. The Labute approximate surface area is 188 Å². The molecule has 0 aliphatic carbocycles. The Kier molecular flexibility index (Phi) is 8.79. The number of carbonyl (C=O) groups is 2. The molecule has 1 atom stereocenters. The molecule has 2 aromatic rings. The second-order valence-electron chi connectivity index (χ2n) is 7.60. The first-order chi connectivity index (χ1) is 15.1. The minimum Gasteiger partial charge on any atom is -0.378 e. The van der Waals surface area contributed by atoms with E-state index in [1.807, 2.05) is 36.6 Å². The van der Waals surface area contributed by atoms with Crippen LogP contribution < -0.4 is 10.2 Å². The molecular weight excluding hydrogens is 410 g/mol. The Morgan fingerprint density at radius 3 is 2.48 bits per heavy atom. The molecule has 0 radical (unpaired) electrons. The molecule has 0 aromatic heterocycles. The van der Waals surface area contributed by atoms with E-state index in [1.54, 1.807) is 35.8 Å². The van der Waals surface area contributed by atoms with Crippen molar-refractivity contribution in [1.82, 2.24) is 10.2 Å². The van der Waals surface area contributed by atoms with Crippen LogP contribution in [0.1, 0.15) is 22.3 Å². The van der Waals surface area contributed by atoms with Crippen molar-refractivity contribution in [2.24, 2.45) is 0 Å². The van der Waals surface area contributed by atoms with E-state index in [-0.39, 0.29) is 11.8 Å². The Morgan fingerprint density at radius 2 is 1.77 bits per heavy atom. The highest BCUT2D eigenvalue weighted by atomic mass is 32.2. The minimum atomic E-state index is -0.555. The van der Waals surface area contributed by atoms with E-state index in [4.69, 9.17) is 4.74 Å². The second-order valence-corrected chi connectivity index (χ2v) is 8.58. The number of ether oxygens (including phenoxy) is 1. The lowest BCUT2D eigenvalue weighted by Gasteiger charge is -2.32. The Morgan fingerprint density at radius 1 is 1.10 bits per heavy atom. The number of para-hydroxylation sites is 1. The smallest absolute Gasteiger partial charge is 0.251 e. The predicted molar refractivity (Wildman–Crippen MR) is 127 cm³/mol. The van der Waals surface area contributed by atoms with Crippen LogP contribution in [-0.4, -0.2) is 68.1 Å². The number of carbonyl (C=O) groups excluding carboxylic acids is 2. The van der Waals surface area contributed by atoms with Crippen molar-refractivity contribution in [3.8, 4) is 0 Å². The first kappa shape index (κ1) is 23.2. The molecule has 7 heteroatoms. The summed E-state index contributed by atoms with van der Waals surface area (Å²) in [5.41, 5.74) is 2.79. The largest absolute Gasteiger partial charge is 0.378 e. The summed E-state index contributed by atoms with van der Waals surface area (Å²) in [4.78, 5) is 30.0. The van der Waals surface area contributed by atoms with Gasteiger partial charge in [-0.2, -0.15) is 11.8 Å². The minimum absolute atomic E-state index is 0.0740. The van der Waals surface area contributed by atoms with E-state index in [9.17, 15) is 9.59 Å². The number of likely N-dealkylation sites (N-methyl/N-ethyl adjacent to an activating group) is 1. The predicted octanol–water partition coefficient (Wildman–Crippen LogP) is 3.03. The van der Waals surface area contributed by atoms with Gasteiger partial charge in [0.1, 0.15) is 6.04 Å². The number of rotatable bonds is 9. The molecule has 31 heavy (non-hydrogen) atoms. The van der Waals surface area contributed by atoms with Gasteiger partial charge in [0.25, 0.3) is 5.91 Å². The topological polar surface area (TPSA) is 61.9 Å². The van der Waals surface area contributed by atoms with Crippen molar-refractivity contribution in [1.29, 1.82) is 0 Å². The zero-order chi connectivity index (χ0) is 22.1. The van der Waals surface area contributed by atoms with Gasteiger partial charge in [-0.1, -0.05) is 36.4 Å². The second kappa shape index (κ2) is 11.8. The number of nitrogens with one attached hydrogen (secondary N) is 1. The SMILES string of the molecule is CSCCC(NC(=O)c1ccccc1)C(=O)N(C)Cc1ccccc1N1CCOCC1. The van der Waals surface area contributed by atoms with Crippen LogP contribution in [0.2, 0.25) is 0 Å². The highest BCUT2D eigenvalue weighted by molar-refractivity contribution is 7.98.